The predicted octanol–water partition coefficient (Wildman–Crippen LogP) is 0.376. The molecule has 0 saturated heterocycles. The Morgan fingerprint density at radius 1 is 1.56 bits per heavy atom. The summed E-state index contributed by atoms with van der Waals surface area (Å²) in [6, 6.07) is 1.31. The molecule has 0 amide bonds. The van der Waals surface area contributed by atoms with E-state index in [-0.39, 0.29) is 15.7 Å². The Morgan fingerprint density at radius 3 is 2.83 bits per heavy atom. The molecular formula is C8H8N4O4S2. The Morgan fingerprint density at radius 2 is 2.28 bits per heavy atom. The fraction of sp³-hybridized carbons (Fsp3) is 0.125. The monoisotopic (exact) mass is 288 g/mol. The van der Waals surface area contributed by atoms with E-state index in [0.29, 0.717) is 0 Å². The Bertz CT molecular complexity index is 688. The normalized spacial score (nSPS) is 11.4. The minimum absolute atomic E-state index is 0.0480. The zero-order chi connectivity index (χ0) is 13.3. The third kappa shape index (κ3) is 2.33. The van der Waals surface area contributed by atoms with E-state index >= 15 is 0 Å². The molecule has 2 aromatic rings. The van der Waals surface area contributed by atoms with Gasteiger partial charge < -0.3 is 5.11 Å². The Balaban J connectivity index is 2.34. The van der Waals surface area contributed by atoms with Crippen molar-refractivity contribution in [2.45, 2.75) is 5.03 Å². The number of nitrogens with one attached hydrogen (secondary N) is 1. The van der Waals surface area contributed by atoms with Gasteiger partial charge in [0.15, 0.2) is 10.7 Å². The first-order valence-corrected chi connectivity index (χ1v) is 6.95. The lowest BCUT2D eigenvalue weighted by Gasteiger charge is -2.03. The van der Waals surface area contributed by atoms with Crippen molar-refractivity contribution < 1.29 is 18.3 Å². The van der Waals surface area contributed by atoms with Crippen LogP contribution in [0.3, 0.4) is 0 Å². The topological polar surface area (TPSA) is 114 Å². The summed E-state index contributed by atoms with van der Waals surface area (Å²) in [5.41, 5.74) is 0.916. The first-order chi connectivity index (χ1) is 8.40. The Labute approximate surface area is 106 Å². The van der Waals surface area contributed by atoms with E-state index in [9.17, 15) is 13.2 Å². The molecule has 0 aliphatic carbocycles. The highest BCUT2D eigenvalue weighted by molar-refractivity contribution is 7.92. The van der Waals surface area contributed by atoms with Crippen LogP contribution in [-0.2, 0) is 17.1 Å². The molecule has 96 valence electrons. The quantitative estimate of drug-likeness (QED) is 0.840. The van der Waals surface area contributed by atoms with Gasteiger partial charge in [-0.2, -0.15) is 13.5 Å². The molecule has 18 heavy (non-hydrogen) atoms. The number of carboxylic acids is 1. The van der Waals surface area contributed by atoms with Gasteiger partial charge >= 0.3 is 5.97 Å². The third-order valence-corrected chi connectivity index (χ3v) is 4.07. The summed E-state index contributed by atoms with van der Waals surface area (Å²) in [6.07, 6.45) is 1.47. The van der Waals surface area contributed by atoms with Gasteiger partial charge in [0.2, 0.25) is 0 Å². The highest BCUT2D eigenvalue weighted by atomic mass is 32.2. The molecule has 8 nitrogen and oxygen atoms in total. The van der Waals surface area contributed by atoms with Crippen LogP contribution in [0.15, 0.2) is 22.8 Å². The molecule has 2 rings (SSSR count). The fourth-order valence-electron chi connectivity index (χ4n) is 1.18. The highest BCUT2D eigenvalue weighted by Gasteiger charge is 2.22. The summed E-state index contributed by atoms with van der Waals surface area (Å²) in [5, 5.41) is 12.3. The standard InChI is InChI=1S/C8H8N4O4S2/c1-12-3-2-5(10-12)18(15,16)11-7-6(8(13)14)9-4-17-7/h2-4,11H,1H3,(H,13,14). The molecule has 2 N–H and O–H groups in total. The minimum atomic E-state index is -3.89. The van der Waals surface area contributed by atoms with E-state index in [0.717, 1.165) is 11.3 Å². The maximum Gasteiger partial charge on any atom is 0.357 e. The van der Waals surface area contributed by atoms with Crippen LogP contribution in [0.5, 0.6) is 0 Å². The molecule has 0 fully saturated rings. The summed E-state index contributed by atoms with van der Waals surface area (Å²) in [4.78, 5) is 14.4. The molecule has 0 aromatic carbocycles. The molecule has 0 saturated carbocycles. The van der Waals surface area contributed by atoms with Crippen LogP contribution in [0.25, 0.3) is 0 Å². The zero-order valence-corrected chi connectivity index (χ0v) is 10.7. The van der Waals surface area contributed by atoms with Gasteiger partial charge in [-0.1, -0.05) is 0 Å². The molecule has 0 spiro atoms. The van der Waals surface area contributed by atoms with Gasteiger partial charge in [0.1, 0.15) is 5.00 Å². The second-order valence-corrected chi connectivity index (χ2v) is 5.75. The van der Waals surface area contributed by atoms with Crippen molar-refractivity contribution in [1.29, 1.82) is 0 Å². The number of anilines is 1. The number of rotatable bonds is 4. The molecule has 0 radical (unpaired) electrons. The van der Waals surface area contributed by atoms with Crippen molar-refractivity contribution in [3.05, 3.63) is 23.5 Å². The summed E-state index contributed by atoms with van der Waals surface area (Å²) >= 11 is 0.889. The van der Waals surface area contributed by atoms with Gasteiger partial charge in [0.25, 0.3) is 10.0 Å². The van der Waals surface area contributed by atoms with E-state index in [4.69, 9.17) is 5.11 Å². The van der Waals surface area contributed by atoms with Crippen LogP contribution in [-0.4, -0.2) is 34.3 Å². The minimum Gasteiger partial charge on any atom is -0.476 e. The second-order valence-electron chi connectivity index (χ2n) is 3.27. The number of sulfonamides is 1. The molecule has 2 heterocycles. The van der Waals surface area contributed by atoms with Crippen molar-refractivity contribution >= 4 is 32.3 Å². The molecule has 0 aliphatic rings. The number of carbonyl (C=O) groups is 1. The van der Waals surface area contributed by atoms with Gasteiger partial charge in [-0.15, -0.1) is 11.3 Å². The van der Waals surface area contributed by atoms with Crippen LogP contribution in [0, 0.1) is 0 Å². The van der Waals surface area contributed by atoms with Crippen molar-refractivity contribution in [1.82, 2.24) is 14.8 Å². The summed E-state index contributed by atoms with van der Waals surface area (Å²) in [5.74, 6) is -1.30. The van der Waals surface area contributed by atoms with E-state index in [1.54, 1.807) is 7.05 Å². The van der Waals surface area contributed by atoms with Gasteiger partial charge in [-0.25, -0.2) is 9.78 Å². The summed E-state index contributed by atoms with van der Waals surface area (Å²) in [6.45, 7) is 0. The lowest BCUT2D eigenvalue weighted by Crippen LogP contribution is -2.15. The van der Waals surface area contributed by atoms with Gasteiger partial charge in [-0.3, -0.25) is 9.40 Å². The first-order valence-electron chi connectivity index (χ1n) is 4.59. The number of aromatic carboxylic acids is 1. The maximum absolute atomic E-state index is 11.9. The number of nitrogens with zero attached hydrogens (tertiary/aromatic N) is 3. The zero-order valence-electron chi connectivity index (χ0n) is 9.06. The number of hydrogen-bond acceptors (Lipinski definition) is 6. The second kappa shape index (κ2) is 4.38. The van der Waals surface area contributed by atoms with Crippen LogP contribution in [0.4, 0.5) is 5.00 Å². The number of aromatic nitrogens is 3. The number of hydrogen-bond donors (Lipinski definition) is 2. The van der Waals surface area contributed by atoms with Crippen LogP contribution in [0.2, 0.25) is 0 Å². The maximum atomic E-state index is 11.9. The SMILES string of the molecule is Cn1ccc(S(=O)(=O)Nc2scnc2C(=O)O)n1. The Kier molecular flexibility index (Phi) is 3.05. The molecule has 2 aromatic heterocycles. The van der Waals surface area contributed by atoms with E-state index < -0.39 is 16.0 Å². The van der Waals surface area contributed by atoms with E-state index in [1.165, 1.54) is 22.5 Å². The Hall–Kier alpha value is -1.94. The summed E-state index contributed by atoms with van der Waals surface area (Å²) < 4.78 is 27.3. The van der Waals surface area contributed by atoms with Crippen LogP contribution >= 0.6 is 11.3 Å². The molecular weight excluding hydrogens is 280 g/mol. The third-order valence-electron chi connectivity index (χ3n) is 1.96. The highest BCUT2D eigenvalue weighted by Crippen LogP contribution is 2.23. The average molecular weight is 288 g/mol. The number of thiazole rings is 1. The van der Waals surface area contributed by atoms with Crippen LogP contribution < -0.4 is 4.72 Å². The van der Waals surface area contributed by atoms with Crippen molar-refractivity contribution in [3.63, 3.8) is 0 Å². The molecule has 0 atom stereocenters. The first kappa shape index (κ1) is 12.5. The van der Waals surface area contributed by atoms with E-state index in [2.05, 4.69) is 14.8 Å². The van der Waals surface area contributed by atoms with Gasteiger partial charge in [0.05, 0.1) is 5.51 Å². The van der Waals surface area contributed by atoms with E-state index in [1.807, 2.05) is 0 Å². The summed E-state index contributed by atoms with van der Waals surface area (Å²) in [7, 11) is -2.32. The van der Waals surface area contributed by atoms with Crippen molar-refractivity contribution in [2.75, 3.05) is 4.72 Å². The molecule has 0 bridgehead atoms. The average Bonchev–Trinajstić information content (AvgIpc) is 2.86. The smallest absolute Gasteiger partial charge is 0.357 e. The molecule has 10 heteroatoms. The fourth-order valence-corrected chi connectivity index (χ4v) is 3.14. The predicted molar refractivity (Wildman–Crippen MR) is 63.1 cm³/mol. The number of carboxylic acid groups (broad SMARTS) is 1. The molecule has 0 aliphatic heterocycles. The van der Waals surface area contributed by atoms with Gasteiger partial charge in [-0.05, 0) is 6.07 Å². The lowest BCUT2D eigenvalue weighted by atomic mass is 10.5. The molecule has 0 unspecified atom stereocenters. The number of aryl methyl sites for hydroxylation is 1. The van der Waals surface area contributed by atoms with Crippen LogP contribution in [0.1, 0.15) is 10.5 Å². The largest absolute Gasteiger partial charge is 0.476 e. The van der Waals surface area contributed by atoms with Gasteiger partial charge in [0, 0.05) is 13.2 Å². The van der Waals surface area contributed by atoms with Crippen molar-refractivity contribution in [3.8, 4) is 0 Å². The van der Waals surface area contributed by atoms with Crippen molar-refractivity contribution in [2.24, 2.45) is 7.05 Å². The lowest BCUT2D eigenvalue weighted by molar-refractivity contribution is 0.0692.